The Morgan fingerprint density at radius 2 is 2.33 bits per heavy atom. The van der Waals surface area contributed by atoms with Gasteiger partial charge in [-0.1, -0.05) is 0 Å². The molecule has 1 radical (unpaired) electrons. The highest BCUT2D eigenvalue weighted by molar-refractivity contribution is 5.87. The van der Waals surface area contributed by atoms with Crippen molar-refractivity contribution in [2.24, 2.45) is 0 Å². The molecule has 0 unspecified atom stereocenters. The van der Waals surface area contributed by atoms with E-state index in [9.17, 15) is 4.79 Å². The zero-order valence-electron chi connectivity index (χ0n) is 7.34. The number of hydrogen-bond acceptors (Lipinski definition) is 3. The molecule has 0 bridgehead atoms. The predicted octanol–water partition coefficient (Wildman–Crippen LogP) is 1.17. The van der Waals surface area contributed by atoms with Crippen LogP contribution < -0.4 is 0 Å². The van der Waals surface area contributed by atoms with Gasteiger partial charge in [0.1, 0.15) is 5.60 Å². The van der Waals surface area contributed by atoms with Crippen LogP contribution in [-0.2, 0) is 4.74 Å². The molecule has 4 heteroatoms. The molecule has 0 saturated heterocycles. The van der Waals surface area contributed by atoms with E-state index in [2.05, 4.69) is 16.3 Å². The number of esters is 1. The maximum Gasteiger partial charge on any atom is 0.359 e. The molecule has 1 aromatic rings. The van der Waals surface area contributed by atoms with Crippen LogP contribution in [0, 0.1) is 6.33 Å². The third-order valence-electron chi connectivity index (χ3n) is 1.06. The van der Waals surface area contributed by atoms with Crippen LogP contribution in [0.3, 0.4) is 0 Å². The van der Waals surface area contributed by atoms with Crippen LogP contribution in [0.1, 0.15) is 31.3 Å². The van der Waals surface area contributed by atoms with Gasteiger partial charge in [-0.15, -0.1) is 0 Å². The fourth-order valence-corrected chi connectivity index (χ4v) is 0.660. The van der Waals surface area contributed by atoms with Crippen LogP contribution in [0.4, 0.5) is 0 Å². The Labute approximate surface area is 71.0 Å². The maximum atomic E-state index is 11.2. The third kappa shape index (κ3) is 2.38. The summed E-state index contributed by atoms with van der Waals surface area (Å²) in [4.78, 5) is 17.4. The molecule has 0 saturated carbocycles. The summed E-state index contributed by atoms with van der Waals surface area (Å²) in [7, 11) is 0. The normalized spacial score (nSPS) is 11.2. The Kier molecular flexibility index (Phi) is 2.17. The molecule has 0 fully saturated rings. The van der Waals surface area contributed by atoms with Gasteiger partial charge in [-0.3, -0.25) is 0 Å². The van der Waals surface area contributed by atoms with Crippen molar-refractivity contribution in [3.05, 3.63) is 18.2 Å². The van der Waals surface area contributed by atoms with Gasteiger partial charge < -0.3 is 9.72 Å². The van der Waals surface area contributed by atoms with E-state index >= 15 is 0 Å². The van der Waals surface area contributed by atoms with E-state index in [4.69, 9.17) is 4.74 Å². The van der Waals surface area contributed by atoms with E-state index in [-0.39, 0.29) is 5.69 Å². The monoisotopic (exact) mass is 167 g/mol. The van der Waals surface area contributed by atoms with Crippen LogP contribution in [-0.4, -0.2) is 21.5 Å². The molecule has 0 spiro atoms. The number of aromatic nitrogens is 2. The number of rotatable bonds is 1. The van der Waals surface area contributed by atoms with Crippen molar-refractivity contribution in [3.8, 4) is 0 Å². The Balaban J connectivity index is 2.63. The van der Waals surface area contributed by atoms with Crippen molar-refractivity contribution in [1.29, 1.82) is 0 Å². The first-order chi connectivity index (χ1) is 5.49. The van der Waals surface area contributed by atoms with Gasteiger partial charge in [0.25, 0.3) is 0 Å². The number of nitrogens with one attached hydrogen (secondary N) is 1. The summed E-state index contributed by atoms with van der Waals surface area (Å²) in [6.07, 6.45) is 3.87. The molecule has 0 aliphatic carbocycles. The van der Waals surface area contributed by atoms with Crippen molar-refractivity contribution in [1.82, 2.24) is 9.97 Å². The molecule has 0 aromatic carbocycles. The van der Waals surface area contributed by atoms with Gasteiger partial charge in [-0.25, -0.2) is 9.78 Å². The summed E-state index contributed by atoms with van der Waals surface area (Å²) >= 11 is 0. The smallest absolute Gasteiger partial charge is 0.359 e. The summed E-state index contributed by atoms with van der Waals surface area (Å²) in [5, 5.41) is 0. The van der Waals surface area contributed by atoms with Gasteiger partial charge in [0, 0.05) is 6.20 Å². The topological polar surface area (TPSA) is 55.0 Å². The number of H-pyrrole nitrogens is 1. The van der Waals surface area contributed by atoms with Crippen LogP contribution in [0.25, 0.3) is 0 Å². The van der Waals surface area contributed by atoms with Gasteiger partial charge in [0.2, 0.25) is 0 Å². The van der Waals surface area contributed by atoms with Crippen molar-refractivity contribution < 1.29 is 9.53 Å². The standard InChI is InChI=1S/C8H11N2O2/c1-8(2,3)12-7(11)6-4-9-5-10-6/h4H,1-3H3,(H,9,10). The molecule has 0 aliphatic rings. The van der Waals surface area contributed by atoms with E-state index in [1.54, 1.807) is 20.8 Å². The van der Waals surface area contributed by atoms with Gasteiger partial charge in [-0.2, -0.15) is 0 Å². The van der Waals surface area contributed by atoms with E-state index in [0.717, 1.165) is 0 Å². The fraction of sp³-hybridized carbons (Fsp3) is 0.500. The van der Waals surface area contributed by atoms with Crippen molar-refractivity contribution in [2.75, 3.05) is 0 Å². The first kappa shape index (κ1) is 8.77. The largest absolute Gasteiger partial charge is 0.455 e. The second kappa shape index (κ2) is 2.97. The van der Waals surface area contributed by atoms with Crippen LogP contribution in [0.2, 0.25) is 0 Å². The first-order valence-electron chi connectivity index (χ1n) is 3.64. The molecule has 4 nitrogen and oxygen atoms in total. The Bertz CT molecular complexity index is 259. The van der Waals surface area contributed by atoms with Gasteiger partial charge >= 0.3 is 5.97 Å². The average molecular weight is 167 g/mol. The average Bonchev–Trinajstić information content (AvgIpc) is 2.32. The second-order valence-electron chi connectivity index (χ2n) is 3.40. The molecule has 0 amide bonds. The Hall–Kier alpha value is -1.32. The third-order valence-corrected chi connectivity index (χ3v) is 1.06. The number of aromatic amines is 1. The van der Waals surface area contributed by atoms with Crippen LogP contribution in [0.15, 0.2) is 6.20 Å². The van der Waals surface area contributed by atoms with E-state index in [0.29, 0.717) is 0 Å². The lowest BCUT2D eigenvalue weighted by molar-refractivity contribution is 0.00635. The molecule has 12 heavy (non-hydrogen) atoms. The van der Waals surface area contributed by atoms with Gasteiger partial charge in [0.15, 0.2) is 12.0 Å². The molecule has 0 aliphatic heterocycles. The van der Waals surface area contributed by atoms with Crippen LogP contribution in [0.5, 0.6) is 0 Å². The van der Waals surface area contributed by atoms with E-state index < -0.39 is 11.6 Å². The highest BCUT2D eigenvalue weighted by Gasteiger charge is 2.18. The molecule has 65 valence electrons. The van der Waals surface area contributed by atoms with Crippen LogP contribution >= 0.6 is 0 Å². The lowest BCUT2D eigenvalue weighted by Gasteiger charge is -2.18. The molecular weight excluding hydrogens is 156 g/mol. The van der Waals surface area contributed by atoms with E-state index in [1.165, 1.54) is 6.20 Å². The molecule has 0 atom stereocenters. The molecule has 1 rings (SSSR count). The quantitative estimate of drug-likeness (QED) is 0.638. The van der Waals surface area contributed by atoms with Gasteiger partial charge in [-0.05, 0) is 20.8 Å². The number of carbonyl (C=O) groups excluding carboxylic acids is 1. The Morgan fingerprint density at radius 1 is 1.67 bits per heavy atom. The number of hydrogen-bond donors (Lipinski definition) is 1. The predicted molar refractivity (Wildman–Crippen MR) is 42.6 cm³/mol. The summed E-state index contributed by atoms with van der Waals surface area (Å²) in [5.74, 6) is -0.431. The molecular formula is C8H11N2O2. The van der Waals surface area contributed by atoms with E-state index in [1.807, 2.05) is 0 Å². The lowest BCUT2D eigenvalue weighted by atomic mass is 10.2. The number of carbonyl (C=O) groups is 1. The number of imidazole rings is 1. The summed E-state index contributed by atoms with van der Waals surface area (Å²) in [6, 6.07) is 0. The maximum absolute atomic E-state index is 11.2. The minimum atomic E-state index is -0.476. The molecule has 1 aromatic heterocycles. The van der Waals surface area contributed by atoms with Crippen molar-refractivity contribution in [2.45, 2.75) is 26.4 Å². The zero-order chi connectivity index (χ0) is 9.19. The minimum absolute atomic E-state index is 0.255. The lowest BCUT2D eigenvalue weighted by Crippen LogP contribution is -2.24. The van der Waals surface area contributed by atoms with Crippen molar-refractivity contribution in [3.63, 3.8) is 0 Å². The molecule has 1 heterocycles. The summed E-state index contributed by atoms with van der Waals surface area (Å²) in [6.45, 7) is 5.42. The first-order valence-corrected chi connectivity index (χ1v) is 3.64. The highest BCUT2D eigenvalue weighted by atomic mass is 16.6. The highest BCUT2D eigenvalue weighted by Crippen LogP contribution is 2.09. The fourth-order valence-electron chi connectivity index (χ4n) is 0.660. The molecule has 1 N–H and O–H groups in total. The SMILES string of the molecule is CC(C)(C)OC(=O)c1c[nH][c]n1. The zero-order valence-corrected chi connectivity index (χ0v) is 7.34. The second-order valence-corrected chi connectivity index (χ2v) is 3.40. The summed E-state index contributed by atoms with van der Waals surface area (Å²) < 4.78 is 5.04. The van der Waals surface area contributed by atoms with Gasteiger partial charge in [0.05, 0.1) is 0 Å². The Morgan fingerprint density at radius 3 is 2.75 bits per heavy atom. The summed E-state index contributed by atoms with van der Waals surface area (Å²) in [5.41, 5.74) is -0.222. The number of ether oxygens (including phenoxy) is 1. The minimum Gasteiger partial charge on any atom is -0.455 e. The van der Waals surface area contributed by atoms with Crippen molar-refractivity contribution >= 4 is 5.97 Å². The number of nitrogens with zero attached hydrogens (tertiary/aromatic N) is 1.